The first-order chi connectivity index (χ1) is 14.7. The zero-order chi connectivity index (χ0) is 20.8. The predicted octanol–water partition coefficient (Wildman–Crippen LogP) is 2.77. The van der Waals surface area contributed by atoms with Crippen molar-refractivity contribution in [3.63, 3.8) is 0 Å². The van der Waals surface area contributed by atoms with Crippen LogP contribution in [0, 0.1) is 0 Å². The van der Waals surface area contributed by atoms with Gasteiger partial charge in [0, 0.05) is 44.2 Å². The number of β-amino-alcohol motifs (C(OH)–C–C–N with tert-alkyl or cyclic N) is 1. The van der Waals surface area contributed by atoms with Crippen molar-refractivity contribution < 1.29 is 19.3 Å². The van der Waals surface area contributed by atoms with Crippen LogP contribution in [0.5, 0.6) is 11.8 Å². The van der Waals surface area contributed by atoms with Gasteiger partial charge in [-0.15, -0.1) is 0 Å². The lowest BCUT2D eigenvalue weighted by Crippen LogP contribution is -2.37. The van der Waals surface area contributed by atoms with Crippen LogP contribution in [0.15, 0.2) is 48.8 Å². The Morgan fingerprint density at radius 2 is 1.87 bits per heavy atom. The second kappa shape index (κ2) is 9.84. The maximum absolute atomic E-state index is 10.4. The summed E-state index contributed by atoms with van der Waals surface area (Å²) in [5.41, 5.74) is 1.94. The number of nitrogens with zero attached hydrogens (tertiary/aromatic N) is 3. The van der Waals surface area contributed by atoms with Gasteiger partial charge in [0.25, 0.3) is 0 Å². The normalized spacial score (nSPS) is 16.2. The first-order valence-corrected chi connectivity index (χ1v) is 10.2. The van der Waals surface area contributed by atoms with Crippen molar-refractivity contribution in [3.8, 4) is 22.9 Å². The number of benzene rings is 2. The molecular formula is C23H27N3O4. The van der Waals surface area contributed by atoms with E-state index >= 15 is 0 Å². The second-order valence-electron chi connectivity index (χ2n) is 7.41. The van der Waals surface area contributed by atoms with E-state index in [9.17, 15) is 5.11 Å². The van der Waals surface area contributed by atoms with Crippen molar-refractivity contribution in [1.82, 2.24) is 14.9 Å². The number of hydrogen-bond donors (Lipinski definition) is 1. The van der Waals surface area contributed by atoms with E-state index in [1.54, 1.807) is 19.5 Å². The Hall–Kier alpha value is -2.74. The maximum Gasteiger partial charge on any atom is 0.316 e. The number of methoxy groups -OCH3 is 1. The highest BCUT2D eigenvalue weighted by atomic mass is 16.5. The minimum Gasteiger partial charge on any atom is -0.491 e. The molecule has 1 aliphatic heterocycles. The molecule has 2 aromatic carbocycles. The van der Waals surface area contributed by atoms with Crippen LogP contribution in [-0.2, 0) is 4.74 Å². The molecule has 0 bridgehead atoms. The topological polar surface area (TPSA) is 76.9 Å². The van der Waals surface area contributed by atoms with Gasteiger partial charge in [0.05, 0.1) is 13.7 Å². The van der Waals surface area contributed by atoms with Crippen LogP contribution < -0.4 is 9.47 Å². The molecule has 7 nitrogen and oxygen atoms in total. The van der Waals surface area contributed by atoms with Gasteiger partial charge in [0.2, 0.25) is 0 Å². The molecule has 1 aliphatic rings. The third-order valence-corrected chi connectivity index (χ3v) is 5.18. The number of hydrogen-bond acceptors (Lipinski definition) is 7. The van der Waals surface area contributed by atoms with Crippen molar-refractivity contribution in [2.75, 3.05) is 46.6 Å². The predicted molar refractivity (Wildman–Crippen MR) is 115 cm³/mol. The van der Waals surface area contributed by atoms with E-state index < -0.39 is 6.10 Å². The van der Waals surface area contributed by atoms with Crippen LogP contribution in [0.2, 0.25) is 0 Å². The molecule has 1 unspecified atom stereocenters. The molecule has 2 heterocycles. The van der Waals surface area contributed by atoms with Gasteiger partial charge in [-0.1, -0.05) is 18.2 Å². The van der Waals surface area contributed by atoms with Crippen molar-refractivity contribution in [3.05, 3.63) is 48.8 Å². The highest BCUT2D eigenvalue weighted by molar-refractivity contribution is 5.88. The highest BCUT2D eigenvalue weighted by Gasteiger charge is 2.14. The van der Waals surface area contributed by atoms with E-state index in [0.717, 1.165) is 60.4 Å². The van der Waals surface area contributed by atoms with E-state index in [0.29, 0.717) is 12.6 Å². The average Bonchev–Trinajstić information content (AvgIpc) is 3.06. The van der Waals surface area contributed by atoms with Crippen molar-refractivity contribution >= 4 is 10.8 Å². The summed E-state index contributed by atoms with van der Waals surface area (Å²) < 4.78 is 16.4. The van der Waals surface area contributed by atoms with Gasteiger partial charge in [-0.2, -0.15) is 0 Å². The lowest BCUT2D eigenvalue weighted by molar-refractivity contribution is 0.0659. The molecule has 0 spiro atoms. The molecule has 1 saturated heterocycles. The summed E-state index contributed by atoms with van der Waals surface area (Å²) >= 11 is 0. The minimum atomic E-state index is -0.540. The van der Waals surface area contributed by atoms with Gasteiger partial charge in [-0.3, -0.25) is 4.90 Å². The third-order valence-electron chi connectivity index (χ3n) is 5.18. The summed E-state index contributed by atoms with van der Waals surface area (Å²) in [6.45, 7) is 4.17. The van der Waals surface area contributed by atoms with Crippen LogP contribution in [0.3, 0.4) is 0 Å². The van der Waals surface area contributed by atoms with E-state index in [1.807, 2.05) is 24.3 Å². The van der Waals surface area contributed by atoms with Crippen LogP contribution in [0.25, 0.3) is 21.9 Å². The monoisotopic (exact) mass is 409 g/mol. The number of aliphatic hydroxyl groups is 1. The Bertz CT molecular complexity index is 956. The summed E-state index contributed by atoms with van der Waals surface area (Å²) in [7, 11) is 1.55. The van der Waals surface area contributed by atoms with Crippen molar-refractivity contribution in [2.45, 2.75) is 12.5 Å². The van der Waals surface area contributed by atoms with Gasteiger partial charge in [0.15, 0.2) is 0 Å². The summed E-state index contributed by atoms with van der Waals surface area (Å²) in [6, 6.07) is 12.5. The zero-order valence-electron chi connectivity index (χ0n) is 17.2. The van der Waals surface area contributed by atoms with Crippen LogP contribution in [0.1, 0.15) is 6.42 Å². The Kier molecular flexibility index (Phi) is 6.74. The van der Waals surface area contributed by atoms with Crippen LogP contribution in [0.4, 0.5) is 0 Å². The number of rotatable bonds is 7. The van der Waals surface area contributed by atoms with E-state index in [2.05, 4.69) is 27.0 Å². The van der Waals surface area contributed by atoms with Gasteiger partial charge in [-0.25, -0.2) is 9.97 Å². The zero-order valence-corrected chi connectivity index (χ0v) is 17.2. The van der Waals surface area contributed by atoms with E-state index in [-0.39, 0.29) is 6.61 Å². The number of fused-ring (bicyclic) bond motifs is 1. The standard InChI is InChI=1S/C23H27N3O4/c1-28-23-24-13-20(14-25-23)18-4-3-17-5-6-22(12-19(17)11-18)30-16-21(27)15-26-7-2-9-29-10-8-26/h3-6,11-14,21,27H,2,7-10,15-16H2,1H3. The molecule has 0 radical (unpaired) electrons. The molecule has 0 aliphatic carbocycles. The second-order valence-corrected chi connectivity index (χ2v) is 7.41. The molecule has 0 saturated carbocycles. The number of aromatic nitrogens is 2. The molecule has 158 valence electrons. The largest absolute Gasteiger partial charge is 0.491 e. The van der Waals surface area contributed by atoms with Crippen molar-refractivity contribution in [2.24, 2.45) is 0 Å². The van der Waals surface area contributed by atoms with Gasteiger partial charge >= 0.3 is 6.01 Å². The fourth-order valence-electron chi connectivity index (χ4n) is 3.59. The lowest BCUT2D eigenvalue weighted by atomic mass is 10.0. The van der Waals surface area contributed by atoms with Crippen LogP contribution >= 0.6 is 0 Å². The fraction of sp³-hybridized carbons (Fsp3) is 0.391. The molecule has 4 rings (SSSR count). The molecule has 1 fully saturated rings. The molecule has 7 heteroatoms. The number of ether oxygens (including phenoxy) is 3. The van der Waals surface area contributed by atoms with Gasteiger partial charge in [0.1, 0.15) is 18.5 Å². The molecular weight excluding hydrogens is 382 g/mol. The van der Waals surface area contributed by atoms with Crippen molar-refractivity contribution in [1.29, 1.82) is 0 Å². The Balaban J connectivity index is 1.41. The quantitative estimate of drug-likeness (QED) is 0.643. The molecule has 0 amide bonds. The smallest absolute Gasteiger partial charge is 0.316 e. The highest BCUT2D eigenvalue weighted by Crippen LogP contribution is 2.27. The molecule has 1 atom stereocenters. The first kappa shape index (κ1) is 20.5. The Labute approximate surface area is 176 Å². The molecule has 1 N–H and O–H groups in total. The fourth-order valence-corrected chi connectivity index (χ4v) is 3.59. The van der Waals surface area contributed by atoms with Gasteiger partial charge < -0.3 is 19.3 Å². The van der Waals surface area contributed by atoms with E-state index in [4.69, 9.17) is 14.2 Å². The van der Waals surface area contributed by atoms with E-state index in [1.165, 1.54) is 0 Å². The molecule has 1 aromatic heterocycles. The Morgan fingerprint density at radius 3 is 2.70 bits per heavy atom. The lowest BCUT2D eigenvalue weighted by Gasteiger charge is -2.22. The first-order valence-electron chi connectivity index (χ1n) is 10.2. The Morgan fingerprint density at radius 1 is 1.03 bits per heavy atom. The van der Waals surface area contributed by atoms with Gasteiger partial charge in [-0.05, 0) is 41.0 Å². The SMILES string of the molecule is COc1ncc(-c2ccc3ccc(OCC(O)CN4CCCOCC4)cc3c2)cn1. The maximum atomic E-state index is 10.4. The van der Waals surface area contributed by atoms with Crippen LogP contribution in [-0.4, -0.2) is 72.6 Å². The third kappa shape index (κ3) is 5.24. The summed E-state index contributed by atoms with van der Waals surface area (Å²) in [5.74, 6) is 0.740. The summed E-state index contributed by atoms with van der Waals surface area (Å²) in [4.78, 5) is 10.6. The summed E-state index contributed by atoms with van der Waals surface area (Å²) in [6.07, 6.45) is 3.95. The number of aliphatic hydroxyl groups excluding tert-OH is 1. The molecule has 3 aromatic rings. The summed E-state index contributed by atoms with van der Waals surface area (Å²) in [5, 5.41) is 12.5. The minimum absolute atomic E-state index is 0.259. The molecule has 30 heavy (non-hydrogen) atoms. The average molecular weight is 409 g/mol.